The molecule has 0 N–H and O–H groups in total. The molecule has 222 valence electrons. The Bertz CT molecular complexity index is 1290. The summed E-state index contributed by atoms with van der Waals surface area (Å²) in [5.74, 6) is -3.00. The summed E-state index contributed by atoms with van der Waals surface area (Å²) >= 11 is 0. The van der Waals surface area contributed by atoms with E-state index in [0.29, 0.717) is 17.6 Å². The van der Waals surface area contributed by atoms with Gasteiger partial charge >= 0.3 is 17.9 Å². The molecule has 0 spiro atoms. The molecule has 10 atom stereocenters. The molecule has 1 aromatic rings. The molecule has 1 heterocycles. The fourth-order valence-electron chi connectivity index (χ4n) is 7.91. The molecule has 0 amide bonds. The molecule has 41 heavy (non-hydrogen) atoms. The molecule has 0 aromatic heterocycles. The van der Waals surface area contributed by atoms with Crippen LogP contribution < -0.4 is 0 Å². The third kappa shape index (κ3) is 4.52. The molecule has 3 fully saturated rings. The number of fused-ring (bicyclic) bond motifs is 1. The lowest BCUT2D eigenvalue weighted by Gasteiger charge is -2.30. The second-order valence-electron chi connectivity index (χ2n) is 12.8. The highest BCUT2D eigenvalue weighted by Crippen LogP contribution is 2.68. The summed E-state index contributed by atoms with van der Waals surface area (Å²) in [5.41, 5.74) is -1.88. The fourth-order valence-corrected chi connectivity index (χ4v) is 7.91. The Hall–Kier alpha value is -3.04. The van der Waals surface area contributed by atoms with Gasteiger partial charge in [0.25, 0.3) is 0 Å². The third-order valence-electron chi connectivity index (χ3n) is 9.79. The van der Waals surface area contributed by atoms with Crippen molar-refractivity contribution in [2.75, 3.05) is 7.11 Å². The van der Waals surface area contributed by atoms with Gasteiger partial charge in [0.05, 0.1) is 11.5 Å². The summed E-state index contributed by atoms with van der Waals surface area (Å²) < 4.78 is 30.3. The van der Waals surface area contributed by atoms with Crippen molar-refractivity contribution in [1.82, 2.24) is 0 Å². The van der Waals surface area contributed by atoms with Crippen LogP contribution >= 0.6 is 0 Å². The molecule has 0 unspecified atom stereocenters. The van der Waals surface area contributed by atoms with Gasteiger partial charge in [-0.3, -0.25) is 14.4 Å². The van der Waals surface area contributed by atoms with E-state index in [1.54, 1.807) is 44.4 Å². The highest BCUT2D eigenvalue weighted by molar-refractivity contribution is 5.96. The molecule has 2 saturated carbocycles. The number of rotatable bonds is 5. The van der Waals surface area contributed by atoms with Crippen LogP contribution in [0.1, 0.15) is 65.2 Å². The number of carbonyl (C=O) groups excluding carboxylic acids is 4. The number of esters is 3. The Morgan fingerprint density at radius 1 is 0.927 bits per heavy atom. The third-order valence-corrected chi connectivity index (χ3v) is 9.79. The molecular formula is C32H40O9. The van der Waals surface area contributed by atoms with Gasteiger partial charge in [0, 0.05) is 32.8 Å². The quantitative estimate of drug-likeness (QED) is 0.224. The van der Waals surface area contributed by atoms with Gasteiger partial charge in [-0.1, -0.05) is 45.9 Å². The summed E-state index contributed by atoms with van der Waals surface area (Å²) in [5, 5.41) is 0. The number of benzene rings is 1. The maximum Gasteiger partial charge on any atom is 0.338 e. The number of hydrogen-bond donors (Lipinski definition) is 0. The Labute approximate surface area is 240 Å². The van der Waals surface area contributed by atoms with Crippen molar-refractivity contribution >= 4 is 23.7 Å². The molecule has 1 aromatic carbocycles. The van der Waals surface area contributed by atoms with Gasteiger partial charge in [0.2, 0.25) is 0 Å². The van der Waals surface area contributed by atoms with E-state index >= 15 is 0 Å². The molecule has 9 heteroatoms. The van der Waals surface area contributed by atoms with Crippen LogP contribution in [0.2, 0.25) is 0 Å². The van der Waals surface area contributed by atoms with E-state index in [1.165, 1.54) is 13.8 Å². The molecular weight excluding hydrogens is 528 g/mol. The average Bonchev–Trinajstić information content (AvgIpc) is 3.70. The lowest BCUT2D eigenvalue weighted by molar-refractivity contribution is -0.154. The first kappa shape index (κ1) is 29.5. The van der Waals surface area contributed by atoms with E-state index in [9.17, 15) is 19.2 Å². The molecule has 9 nitrogen and oxygen atoms in total. The first-order valence-corrected chi connectivity index (χ1v) is 14.3. The number of epoxide rings is 1. The minimum atomic E-state index is -1.26. The van der Waals surface area contributed by atoms with Crippen molar-refractivity contribution in [3.8, 4) is 0 Å². The van der Waals surface area contributed by atoms with Gasteiger partial charge in [0.1, 0.15) is 24.4 Å². The van der Waals surface area contributed by atoms with Gasteiger partial charge in [-0.25, -0.2) is 4.79 Å². The van der Waals surface area contributed by atoms with Crippen molar-refractivity contribution in [3.63, 3.8) is 0 Å². The summed E-state index contributed by atoms with van der Waals surface area (Å²) in [6.45, 7) is 12.3. The second kappa shape index (κ2) is 10.1. The maximum atomic E-state index is 14.4. The average molecular weight is 569 g/mol. The molecule has 4 aliphatic rings. The van der Waals surface area contributed by atoms with Gasteiger partial charge in [-0.15, -0.1) is 0 Å². The van der Waals surface area contributed by atoms with Gasteiger partial charge in [0.15, 0.2) is 17.0 Å². The zero-order valence-corrected chi connectivity index (χ0v) is 25.0. The van der Waals surface area contributed by atoms with E-state index in [4.69, 9.17) is 23.7 Å². The zero-order valence-electron chi connectivity index (χ0n) is 25.0. The lowest BCUT2D eigenvalue weighted by atomic mass is 9.80. The van der Waals surface area contributed by atoms with E-state index in [1.807, 2.05) is 33.8 Å². The maximum absolute atomic E-state index is 14.4. The Balaban J connectivity index is 1.67. The molecule has 0 bridgehead atoms. The summed E-state index contributed by atoms with van der Waals surface area (Å²) in [6, 6.07) is 8.70. The van der Waals surface area contributed by atoms with E-state index in [2.05, 4.69) is 0 Å². The van der Waals surface area contributed by atoms with Crippen LogP contribution in [-0.2, 0) is 38.1 Å². The minimum Gasteiger partial charge on any atom is -0.461 e. The van der Waals surface area contributed by atoms with Crippen LogP contribution in [0.15, 0.2) is 42.0 Å². The van der Waals surface area contributed by atoms with E-state index in [-0.39, 0.29) is 23.5 Å². The number of carbonyl (C=O) groups is 4. The molecule has 0 radical (unpaired) electrons. The van der Waals surface area contributed by atoms with Crippen LogP contribution in [-0.4, -0.2) is 66.4 Å². The summed E-state index contributed by atoms with van der Waals surface area (Å²) in [7, 11) is 1.57. The highest BCUT2D eigenvalue weighted by Gasteiger charge is 2.84. The Morgan fingerprint density at radius 2 is 1.54 bits per heavy atom. The first-order chi connectivity index (χ1) is 19.2. The number of ether oxygens (including phenoxy) is 5. The normalized spacial score (nSPS) is 41.8. The highest BCUT2D eigenvalue weighted by atomic mass is 16.7. The number of methoxy groups -OCH3 is 1. The van der Waals surface area contributed by atoms with Crippen LogP contribution in [0.3, 0.4) is 0 Å². The topological polar surface area (TPSA) is 118 Å². The van der Waals surface area contributed by atoms with Gasteiger partial charge < -0.3 is 23.7 Å². The largest absolute Gasteiger partial charge is 0.461 e. The molecule has 5 rings (SSSR count). The number of ketones is 1. The summed E-state index contributed by atoms with van der Waals surface area (Å²) in [6.07, 6.45) is -0.802. The van der Waals surface area contributed by atoms with Crippen molar-refractivity contribution in [2.24, 2.45) is 29.1 Å². The van der Waals surface area contributed by atoms with Crippen molar-refractivity contribution in [1.29, 1.82) is 0 Å². The zero-order chi connectivity index (χ0) is 30.1. The van der Waals surface area contributed by atoms with Crippen molar-refractivity contribution in [2.45, 2.75) is 90.5 Å². The SMILES string of the molecule is CO[C@H]1[C@H]2[C@@H]([C@@H](OC(C)=O)[C@@H](C)C(=O)[C@@]34C[C@H](C)[C@H](OC(C)=O)[C@]3(/C=C(\C)[C@H]1OC(=O)c1ccccc1)O4)C2(C)C. The molecule has 1 aliphatic heterocycles. The predicted octanol–water partition coefficient (Wildman–Crippen LogP) is 4.08. The van der Waals surface area contributed by atoms with Crippen LogP contribution in [0.4, 0.5) is 0 Å². The number of hydrogen-bond acceptors (Lipinski definition) is 9. The standard InChI is InChI=1S/C32H40O9/c1-16-14-32-28(39-20(5)34)17(2)15-31(32,41-32)27(35)18(3)25(38-19(4)33)22-23(30(22,6)7)26(37-8)24(16)40-29(36)21-12-10-9-11-13-21/h9-14,17-18,22-26,28H,15H2,1-8H3/b16-14+/t17-,18+,22-,23+,24+,25-,26-,28-,31-,32-/m0/s1. The smallest absolute Gasteiger partial charge is 0.338 e. The van der Waals surface area contributed by atoms with E-state index < -0.39 is 64.9 Å². The van der Waals surface area contributed by atoms with Crippen molar-refractivity contribution < 1.29 is 42.9 Å². The first-order valence-electron chi connectivity index (χ1n) is 14.3. The fraction of sp³-hybridized carbons (Fsp3) is 0.625. The van der Waals surface area contributed by atoms with Crippen LogP contribution in [0.5, 0.6) is 0 Å². The minimum absolute atomic E-state index is 0.184. The second-order valence-corrected chi connectivity index (χ2v) is 12.8. The van der Waals surface area contributed by atoms with Crippen LogP contribution in [0, 0.1) is 29.1 Å². The molecule has 1 saturated heterocycles. The Kier molecular flexibility index (Phi) is 7.22. The molecule has 3 aliphatic carbocycles. The Morgan fingerprint density at radius 3 is 2.12 bits per heavy atom. The van der Waals surface area contributed by atoms with Crippen LogP contribution in [0.25, 0.3) is 0 Å². The van der Waals surface area contributed by atoms with Gasteiger partial charge in [-0.05, 0) is 48.5 Å². The van der Waals surface area contributed by atoms with E-state index in [0.717, 1.165) is 0 Å². The monoisotopic (exact) mass is 568 g/mol. The van der Waals surface area contributed by atoms with Gasteiger partial charge in [-0.2, -0.15) is 0 Å². The van der Waals surface area contributed by atoms with Crippen molar-refractivity contribution in [3.05, 3.63) is 47.5 Å². The predicted molar refractivity (Wildman–Crippen MR) is 147 cm³/mol. The lowest BCUT2D eigenvalue weighted by Crippen LogP contribution is -2.43. The number of Topliss-reactive ketones (excluding diaryl/α,β-unsaturated/α-hetero) is 1. The summed E-state index contributed by atoms with van der Waals surface area (Å²) in [4.78, 5) is 52.2.